The standard InChI is InChI=1S/C12H26N2/c1-6-7-13-8-9-14(12(4)5)10-11(2)3/h6,11-13H,1,7-10H2,2-5H3. The lowest BCUT2D eigenvalue weighted by Gasteiger charge is -2.28. The Morgan fingerprint density at radius 3 is 2.36 bits per heavy atom. The zero-order chi connectivity index (χ0) is 11.0. The fourth-order valence-corrected chi connectivity index (χ4v) is 1.46. The molecule has 0 aliphatic rings. The molecule has 0 aromatic heterocycles. The maximum absolute atomic E-state index is 3.68. The van der Waals surface area contributed by atoms with Crippen LogP contribution in [0, 0.1) is 5.92 Å². The fourth-order valence-electron chi connectivity index (χ4n) is 1.46. The van der Waals surface area contributed by atoms with Gasteiger partial charge in [-0.1, -0.05) is 19.9 Å². The summed E-state index contributed by atoms with van der Waals surface area (Å²) in [4.78, 5) is 2.51. The fraction of sp³-hybridized carbons (Fsp3) is 0.833. The summed E-state index contributed by atoms with van der Waals surface area (Å²) in [6, 6.07) is 0.642. The highest BCUT2D eigenvalue weighted by atomic mass is 15.2. The largest absolute Gasteiger partial charge is 0.312 e. The third kappa shape index (κ3) is 7.10. The maximum Gasteiger partial charge on any atom is 0.0132 e. The maximum atomic E-state index is 3.68. The van der Waals surface area contributed by atoms with Crippen molar-refractivity contribution in [3.05, 3.63) is 12.7 Å². The van der Waals surface area contributed by atoms with Gasteiger partial charge >= 0.3 is 0 Å². The van der Waals surface area contributed by atoms with Crippen molar-refractivity contribution in [3.63, 3.8) is 0 Å². The molecule has 0 aliphatic heterocycles. The van der Waals surface area contributed by atoms with Gasteiger partial charge in [0.15, 0.2) is 0 Å². The molecule has 0 amide bonds. The Morgan fingerprint density at radius 2 is 1.93 bits per heavy atom. The Kier molecular flexibility index (Phi) is 7.81. The van der Waals surface area contributed by atoms with Crippen molar-refractivity contribution in [2.75, 3.05) is 26.2 Å². The van der Waals surface area contributed by atoms with Gasteiger partial charge in [0.2, 0.25) is 0 Å². The van der Waals surface area contributed by atoms with Crippen molar-refractivity contribution in [2.45, 2.75) is 33.7 Å². The monoisotopic (exact) mass is 198 g/mol. The molecule has 0 unspecified atom stereocenters. The molecule has 0 aromatic rings. The molecule has 0 radical (unpaired) electrons. The molecule has 0 aliphatic carbocycles. The minimum absolute atomic E-state index is 0.642. The van der Waals surface area contributed by atoms with E-state index in [-0.39, 0.29) is 0 Å². The lowest BCUT2D eigenvalue weighted by Crippen LogP contribution is -2.39. The van der Waals surface area contributed by atoms with E-state index < -0.39 is 0 Å². The molecule has 0 fully saturated rings. The van der Waals surface area contributed by atoms with Crippen molar-refractivity contribution in [1.29, 1.82) is 0 Å². The average molecular weight is 198 g/mol. The molecule has 2 nitrogen and oxygen atoms in total. The van der Waals surface area contributed by atoms with E-state index in [2.05, 4.69) is 44.5 Å². The lowest BCUT2D eigenvalue weighted by atomic mass is 10.2. The van der Waals surface area contributed by atoms with Gasteiger partial charge in [-0.15, -0.1) is 6.58 Å². The number of hydrogen-bond donors (Lipinski definition) is 1. The summed E-state index contributed by atoms with van der Waals surface area (Å²) in [7, 11) is 0. The summed E-state index contributed by atoms with van der Waals surface area (Å²) < 4.78 is 0. The summed E-state index contributed by atoms with van der Waals surface area (Å²) in [5.74, 6) is 0.747. The average Bonchev–Trinajstić information content (AvgIpc) is 2.09. The first kappa shape index (κ1) is 13.7. The molecule has 0 bridgehead atoms. The minimum Gasteiger partial charge on any atom is -0.312 e. The van der Waals surface area contributed by atoms with Gasteiger partial charge in [0, 0.05) is 32.2 Å². The first-order chi connectivity index (χ1) is 6.57. The Bertz CT molecular complexity index is 141. The van der Waals surface area contributed by atoms with Crippen LogP contribution in [0.1, 0.15) is 27.7 Å². The van der Waals surface area contributed by atoms with E-state index >= 15 is 0 Å². The van der Waals surface area contributed by atoms with E-state index in [0.717, 1.165) is 25.6 Å². The van der Waals surface area contributed by atoms with Gasteiger partial charge in [-0.3, -0.25) is 4.90 Å². The number of rotatable bonds is 8. The molecule has 0 rings (SSSR count). The highest BCUT2D eigenvalue weighted by Crippen LogP contribution is 2.02. The highest BCUT2D eigenvalue weighted by Gasteiger charge is 2.09. The van der Waals surface area contributed by atoms with Crippen LogP contribution in [0.2, 0.25) is 0 Å². The van der Waals surface area contributed by atoms with Crippen LogP contribution in [0.25, 0.3) is 0 Å². The van der Waals surface area contributed by atoms with Crippen LogP contribution in [0.3, 0.4) is 0 Å². The van der Waals surface area contributed by atoms with Crippen LogP contribution in [-0.4, -0.2) is 37.1 Å². The van der Waals surface area contributed by atoms with Gasteiger partial charge in [0.1, 0.15) is 0 Å². The first-order valence-electron chi connectivity index (χ1n) is 5.63. The summed E-state index contributed by atoms with van der Waals surface area (Å²) in [5.41, 5.74) is 0. The zero-order valence-corrected chi connectivity index (χ0v) is 10.2. The van der Waals surface area contributed by atoms with Crippen molar-refractivity contribution >= 4 is 0 Å². The Morgan fingerprint density at radius 1 is 1.29 bits per heavy atom. The molecule has 14 heavy (non-hydrogen) atoms. The number of nitrogens with zero attached hydrogens (tertiary/aromatic N) is 1. The number of nitrogens with one attached hydrogen (secondary N) is 1. The lowest BCUT2D eigenvalue weighted by molar-refractivity contribution is 0.199. The molecule has 0 atom stereocenters. The van der Waals surface area contributed by atoms with E-state index in [9.17, 15) is 0 Å². The summed E-state index contributed by atoms with van der Waals surface area (Å²) in [6.45, 7) is 17.0. The third-order valence-corrected chi connectivity index (χ3v) is 2.19. The molecule has 0 aromatic carbocycles. The zero-order valence-electron chi connectivity index (χ0n) is 10.2. The SMILES string of the molecule is C=CCNCCN(CC(C)C)C(C)C. The minimum atomic E-state index is 0.642. The normalized spacial score (nSPS) is 11.6. The van der Waals surface area contributed by atoms with Gasteiger partial charge in [0.25, 0.3) is 0 Å². The van der Waals surface area contributed by atoms with Crippen molar-refractivity contribution in [2.24, 2.45) is 5.92 Å². The van der Waals surface area contributed by atoms with E-state index in [1.165, 1.54) is 6.54 Å². The van der Waals surface area contributed by atoms with Crippen LogP contribution in [0.4, 0.5) is 0 Å². The summed E-state index contributed by atoms with van der Waals surface area (Å²) >= 11 is 0. The Balaban J connectivity index is 3.68. The van der Waals surface area contributed by atoms with Crippen LogP contribution in [0.15, 0.2) is 12.7 Å². The molecule has 2 heteroatoms. The van der Waals surface area contributed by atoms with Gasteiger partial charge < -0.3 is 5.32 Å². The molecule has 0 saturated carbocycles. The smallest absolute Gasteiger partial charge is 0.0132 e. The Labute approximate surface area is 89.4 Å². The van der Waals surface area contributed by atoms with E-state index in [4.69, 9.17) is 0 Å². The van der Waals surface area contributed by atoms with Crippen molar-refractivity contribution in [1.82, 2.24) is 10.2 Å². The summed E-state index contributed by atoms with van der Waals surface area (Å²) in [6.07, 6.45) is 1.90. The van der Waals surface area contributed by atoms with Gasteiger partial charge in [-0.25, -0.2) is 0 Å². The molecular weight excluding hydrogens is 172 g/mol. The van der Waals surface area contributed by atoms with E-state index in [0.29, 0.717) is 6.04 Å². The van der Waals surface area contributed by atoms with Crippen LogP contribution < -0.4 is 5.32 Å². The van der Waals surface area contributed by atoms with Gasteiger partial charge in [-0.2, -0.15) is 0 Å². The van der Waals surface area contributed by atoms with Crippen LogP contribution >= 0.6 is 0 Å². The van der Waals surface area contributed by atoms with E-state index in [1.54, 1.807) is 0 Å². The van der Waals surface area contributed by atoms with Crippen molar-refractivity contribution in [3.8, 4) is 0 Å². The molecule has 1 N–H and O–H groups in total. The summed E-state index contributed by atoms with van der Waals surface area (Å²) in [5, 5.41) is 3.33. The number of hydrogen-bond acceptors (Lipinski definition) is 2. The molecule has 0 saturated heterocycles. The molecule has 0 heterocycles. The van der Waals surface area contributed by atoms with Crippen LogP contribution in [0.5, 0.6) is 0 Å². The second kappa shape index (κ2) is 8.01. The molecule has 84 valence electrons. The highest BCUT2D eigenvalue weighted by molar-refractivity contribution is 4.71. The topological polar surface area (TPSA) is 15.3 Å². The first-order valence-corrected chi connectivity index (χ1v) is 5.63. The molecular formula is C12H26N2. The predicted molar refractivity (Wildman–Crippen MR) is 64.6 cm³/mol. The quantitative estimate of drug-likeness (QED) is 0.475. The second-order valence-corrected chi connectivity index (χ2v) is 4.48. The molecule has 0 spiro atoms. The third-order valence-electron chi connectivity index (χ3n) is 2.19. The van der Waals surface area contributed by atoms with Gasteiger partial charge in [0.05, 0.1) is 0 Å². The van der Waals surface area contributed by atoms with Crippen molar-refractivity contribution < 1.29 is 0 Å². The predicted octanol–water partition coefficient (Wildman–Crippen LogP) is 2.13. The van der Waals surface area contributed by atoms with E-state index in [1.807, 2.05) is 6.08 Å². The second-order valence-electron chi connectivity index (χ2n) is 4.48. The van der Waals surface area contributed by atoms with Crippen LogP contribution in [-0.2, 0) is 0 Å². The Hall–Kier alpha value is -0.340. The van der Waals surface area contributed by atoms with Gasteiger partial charge in [-0.05, 0) is 19.8 Å².